The third-order valence-corrected chi connectivity index (χ3v) is 3.47. The van der Waals surface area contributed by atoms with Crippen LogP contribution in [0, 0.1) is 6.92 Å². The minimum absolute atomic E-state index is 0.257. The highest BCUT2D eigenvalue weighted by Crippen LogP contribution is 2.06. The molecule has 2 N–H and O–H groups in total. The van der Waals surface area contributed by atoms with Crippen molar-refractivity contribution in [3.63, 3.8) is 0 Å². The second-order valence-corrected chi connectivity index (χ2v) is 5.04. The number of carbonyl (C=O) groups excluding carboxylic acids is 1. The molecular formula is C18H22NO2+. The number of rotatable bonds is 6. The van der Waals surface area contributed by atoms with Crippen LogP contribution in [0.25, 0.3) is 0 Å². The first-order valence-corrected chi connectivity index (χ1v) is 7.33. The molecule has 0 aliphatic carbocycles. The lowest BCUT2D eigenvalue weighted by Gasteiger charge is -2.06. The molecule has 0 atom stereocenters. The number of ether oxygens (including phenoxy) is 1. The van der Waals surface area contributed by atoms with Gasteiger partial charge in [0, 0.05) is 11.1 Å². The Kier molecular flexibility index (Phi) is 5.52. The summed E-state index contributed by atoms with van der Waals surface area (Å²) in [5.41, 5.74) is 4.50. The number of aryl methyl sites for hydroxylation is 1. The number of carbonyl (C=O) groups is 1. The van der Waals surface area contributed by atoms with Crippen molar-refractivity contribution < 1.29 is 14.8 Å². The molecule has 0 bridgehead atoms. The molecule has 0 heterocycles. The van der Waals surface area contributed by atoms with Crippen LogP contribution in [0.5, 0.6) is 0 Å². The van der Waals surface area contributed by atoms with Crippen LogP contribution in [0.1, 0.15) is 34.0 Å². The van der Waals surface area contributed by atoms with Gasteiger partial charge in [0.2, 0.25) is 0 Å². The fourth-order valence-electron chi connectivity index (χ4n) is 2.22. The van der Waals surface area contributed by atoms with Crippen LogP contribution in [0.2, 0.25) is 0 Å². The molecule has 2 aromatic carbocycles. The Bertz CT molecular complexity index is 590. The monoisotopic (exact) mass is 284 g/mol. The lowest BCUT2D eigenvalue weighted by molar-refractivity contribution is -0.686. The summed E-state index contributed by atoms with van der Waals surface area (Å²) in [7, 11) is 0. The molecule has 2 rings (SSSR count). The third-order valence-electron chi connectivity index (χ3n) is 3.47. The Morgan fingerprint density at radius 1 is 1.05 bits per heavy atom. The second kappa shape index (κ2) is 7.60. The summed E-state index contributed by atoms with van der Waals surface area (Å²) in [5, 5.41) is 2.27. The van der Waals surface area contributed by atoms with Crippen LogP contribution >= 0.6 is 0 Å². The third kappa shape index (κ3) is 4.43. The highest BCUT2D eigenvalue weighted by Gasteiger charge is 2.06. The van der Waals surface area contributed by atoms with Gasteiger partial charge >= 0.3 is 5.97 Å². The topological polar surface area (TPSA) is 42.9 Å². The van der Waals surface area contributed by atoms with E-state index in [1.807, 2.05) is 31.2 Å². The average molecular weight is 284 g/mol. The largest absolute Gasteiger partial charge is 0.462 e. The SMILES string of the molecule is CCOC(=O)c1ccc(C[NH2+]Cc2ccccc2C)cc1. The first-order chi connectivity index (χ1) is 10.2. The van der Waals surface area contributed by atoms with Gasteiger partial charge in [-0.25, -0.2) is 4.79 Å². The van der Waals surface area contributed by atoms with Crippen molar-refractivity contribution in [1.82, 2.24) is 0 Å². The van der Waals surface area contributed by atoms with Crippen LogP contribution in [-0.2, 0) is 17.8 Å². The molecule has 0 spiro atoms. The molecule has 3 nitrogen and oxygen atoms in total. The van der Waals surface area contributed by atoms with Gasteiger partial charge in [0.25, 0.3) is 0 Å². The Morgan fingerprint density at radius 2 is 1.76 bits per heavy atom. The van der Waals surface area contributed by atoms with Gasteiger partial charge in [0.15, 0.2) is 0 Å². The molecule has 0 fully saturated rings. The van der Waals surface area contributed by atoms with Gasteiger partial charge in [0.1, 0.15) is 13.1 Å². The van der Waals surface area contributed by atoms with Crippen LogP contribution in [0.3, 0.4) is 0 Å². The number of hydrogen-bond donors (Lipinski definition) is 1. The molecule has 0 saturated heterocycles. The molecule has 0 aliphatic heterocycles. The molecule has 3 heteroatoms. The first kappa shape index (κ1) is 15.3. The number of benzene rings is 2. The Labute approximate surface area is 126 Å². The maximum absolute atomic E-state index is 11.6. The predicted molar refractivity (Wildman–Crippen MR) is 82.9 cm³/mol. The summed E-state index contributed by atoms with van der Waals surface area (Å²) >= 11 is 0. The zero-order chi connectivity index (χ0) is 15.1. The predicted octanol–water partition coefficient (Wildman–Crippen LogP) is 2.44. The normalized spacial score (nSPS) is 10.4. The van der Waals surface area contributed by atoms with Crippen LogP contribution < -0.4 is 5.32 Å². The Hall–Kier alpha value is -2.13. The van der Waals surface area contributed by atoms with Gasteiger partial charge in [0.05, 0.1) is 12.2 Å². The van der Waals surface area contributed by atoms with E-state index in [2.05, 4.69) is 36.5 Å². The van der Waals surface area contributed by atoms with Gasteiger partial charge in [-0.15, -0.1) is 0 Å². The van der Waals surface area contributed by atoms with Gasteiger partial charge < -0.3 is 10.1 Å². The van der Waals surface area contributed by atoms with Crippen LogP contribution in [-0.4, -0.2) is 12.6 Å². The van der Waals surface area contributed by atoms with Gasteiger partial charge in [-0.2, -0.15) is 0 Å². The maximum atomic E-state index is 11.6. The van der Waals surface area contributed by atoms with Crippen molar-refractivity contribution in [2.75, 3.05) is 6.61 Å². The van der Waals surface area contributed by atoms with E-state index in [9.17, 15) is 4.79 Å². The smallest absolute Gasteiger partial charge is 0.338 e. The van der Waals surface area contributed by atoms with E-state index in [4.69, 9.17) is 4.74 Å². The number of esters is 1. The number of nitrogens with two attached hydrogens (primary N) is 1. The Morgan fingerprint density at radius 3 is 2.43 bits per heavy atom. The molecular weight excluding hydrogens is 262 g/mol. The summed E-state index contributed by atoms with van der Waals surface area (Å²) in [6.07, 6.45) is 0. The lowest BCUT2D eigenvalue weighted by atomic mass is 10.1. The van der Waals surface area contributed by atoms with E-state index < -0.39 is 0 Å². The maximum Gasteiger partial charge on any atom is 0.338 e. The van der Waals surface area contributed by atoms with Crippen molar-refractivity contribution in [3.05, 3.63) is 70.8 Å². The zero-order valence-corrected chi connectivity index (χ0v) is 12.6. The van der Waals surface area contributed by atoms with Gasteiger partial charge in [-0.05, 0) is 31.5 Å². The molecule has 2 aromatic rings. The lowest BCUT2D eigenvalue weighted by Crippen LogP contribution is -2.80. The molecule has 0 aliphatic rings. The van der Waals surface area contributed by atoms with E-state index in [0.717, 1.165) is 13.1 Å². The summed E-state index contributed by atoms with van der Waals surface area (Å²) in [4.78, 5) is 11.6. The van der Waals surface area contributed by atoms with Gasteiger partial charge in [-0.3, -0.25) is 0 Å². The average Bonchev–Trinajstić information content (AvgIpc) is 2.50. The fraction of sp³-hybridized carbons (Fsp3) is 0.278. The summed E-state index contributed by atoms with van der Waals surface area (Å²) in [6.45, 7) is 6.22. The molecule has 0 amide bonds. The number of hydrogen-bond acceptors (Lipinski definition) is 2. The van der Waals surface area contributed by atoms with Crippen molar-refractivity contribution in [3.8, 4) is 0 Å². The van der Waals surface area contributed by atoms with Crippen molar-refractivity contribution in [2.45, 2.75) is 26.9 Å². The molecule has 0 unspecified atom stereocenters. The van der Waals surface area contributed by atoms with E-state index in [-0.39, 0.29) is 5.97 Å². The van der Waals surface area contributed by atoms with Crippen molar-refractivity contribution in [2.24, 2.45) is 0 Å². The first-order valence-electron chi connectivity index (χ1n) is 7.33. The summed E-state index contributed by atoms with van der Waals surface area (Å²) in [5.74, 6) is -0.257. The van der Waals surface area contributed by atoms with Crippen molar-refractivity contribution in [1.29, 1.82) is 0 Å². The summed E-state index contributed by atoms with van der Waals surface area (Å²) < 4.78 is 4.97. The molecule has 110 valence electrons. The standard InChI is InChI=1S/C18H21NO2/c1-3-21-18(20)16-10-8-15(9-11-16)12-19-13-17-7-5-4-6-14(17)2/h4-11,19H,3,12-13H2,1-2H3/p+1. The van der Waals surface area contributed by atoms with E-state index >= 15 is 0 Å². The minimum Gasteiger partial charge on any atom is -0.462 e. The quantitative estimate of drug-likeness (QED) is 0.828. The second-order valence-electron chi connectivity index (χ2n) is 5.04. The van der Waals surface area contributed by atoms with Crippen LogP contribution in [0.15, 0.2) is 48.5 Å². The molecule has 21 heavy (non-hydrogen) atoms. The highest BCUT2D eigenvalue weighted by molar-refractivity contribution is 5.89. The Balaban J connectivity index is 1.87. The van der Waals surface area contributed by atoms with E-state index in [1.165, 1.54) is 16.7 Å². The van der Waals surface area contributed by atoms with Crippen LogP contribution in [0.4, 0.5) is 0 Å². The fourth-order valence-corrected chi connectivity index (χ4v) is 2.22. The molecule has 0 saturated carbocycles. The molecule has 0 aromatic heterocycles. The van der Waals surface area contributed by atoms with E-state index in [1.54, 1.807) is 0 Å². The van der Waals surface area contributed by atoms with Gasteiger partial charge in [-0.1, -0.05) is 36.4 Å². The van der Waals surface area contributed by atoms with Crippen molar-refractivity contribution >= 4 is 5.97 Å². The summed E-state index contributed by atoms with van der Waals surface area (Å²) in [6, 6.07) is 16.1. The van der Waals surface area contributed by atoms with E-state index in [0.29, 0.717) is 12.2 Å². The highest BCUT2D eigenvalue weighted by atomic mass is 16.5. The minimum atomic E-state index is -0.257. The zero-order valence-electron chi connectivity index (χ0n) is 12.6. The molecule has 0 radical (unpaired) electrons. The number of quaternary nitrogens is 1.